The van der Waals surface area contributed by atoms with Gasteiger partial charge >= 0.3 is 0 Å². The fourth-order valence-electron chi connectivity index (χ4n) is 4.08. The molecule has 1 aromatic rings. The third-order valence-corrected chi connectivity index (χ3v) is 5.54. The van der Waals surface area contributed by atoms with E-state index in [4.69, 9.17) is 0 Å². The molecular weight excluding hydrogens is 326 g/mol. The maximum Gasteiger partial charge on any atom is 0.222 e. The summed E-state index contributed by atoms with van der Waals surface area (Å²) in [7, 11) is 0. The van der Waals surface area contributed by atoms with Gasteiger partial charge in [-0.2, -0.15) is 0 Å². The first-order valence-corrected chi connectivity index (χ1v) is 8.99. The lowest BCUT2D eigenvalue weighted by molar-refractivity contribution is -0.140. The first-order chi connectivity index (χ1) is 11.9. The number of rotatable bonds is 4. The number of halogens is 2. The van der Waals surface area contributed by atoms with E-state index < -0.39 is 17.7 Å². The van der Waals surface area contributed by atoms with Crippen LogP contribution in [0.4, 0.5) is 8.78 Å². The van der Waals surface area contributed by atoms with E-state index in [-0.39, 0.29) is 11.3 Å². The summed E-state index contributed by atoms with van der Waals surface area (Å²) in [6, 6.07) is 4.08. The van der Waals surface area contributed by atoms with E-state index in [1.54, 1.807) is 17.9 Å². The molecule has 1 spiro atoms. The highest BCUT2D eigenvalue weighted by Gasteiger charge is 2.41. The van der Waals surface area contributed by atoms with Crippen molar-refractivity contribution in [3.05, 3.63) is 35.4 Å². The van der Waals surface area contributed by atoms with Gasteiger partial charge < -0.3 is 10.0 Å². The normalized spacial score (nSPS) is 22.4. The molecule has 1 aromatic carbocycles. The zero-order valence-corrected chi connectivity index (χ0v) is 14.7. The minimum Gasteiger partial charge on any atom is -0.392 e. The van der Waals surface area contributed by atoms with Crippen LogP contribution in [-0.4, -0.2) is 53.1 Å². The van der Waals surface area contributed by atoms with Gasteiger partial charge in [-0.3, -0.25) is 9.69 Å². The second-order valence-electron chi connectivity index (χ2n) is 7.65. The van der Waals surface area contributed by atoms with Crippen molar-refractivity contribution in [3.63, 3.8) is 0 Å². The number of hydrogen-bond acceptors (Lipinski definition) is 3. The summed E-state index contributed by atoms with van der Waals surface area (Å²) in [4.78, 5) is 16.1. The van der Waals surface area contributed by atoms with Gasteiger partial charge in [-0.1, -0.05) is 6.07 Å². The van der Waals surface area contributed by atoms with Crippen LogP contribution in [0.1, 0.15) is 38.2 Å². The Balaban J connectivity index is 1.57. The molecule has 138 valence electrons. The fraction of sp³-hybridized carbons (Fsp3) is 0.632. The van der Waals surface area contributed by atoms with E-state index in [0.717, 1.165) is 44.5 Å². The highest BCUT2D eigenvalue weighted by molar-refractivity contribution is 5.77. The Kier molecular flexibility index (Phi) is 5.39. The average molecular weight is 352 g/mol. The van der Waals surface area contributed by atoms with Gasteiger partial charge in [0.25, 0.3) is 0 Å². The SMILES string of the molecule is CC(O)CN1CC2(CCC1=O)CCN(Cc1ccc(F)c(F)c1)CC2. The quantitative estimate of drug-likeness (QED) is 0.906. The van der Waals surface area contributed by atoms with E-state index in [2.05, 4.69) is 4.90 Å². The lowest BCUT2D eigenvalue weighted by Crippen LogP contribution is -2.52. The molecule has 1 amide bonds. The van der Waals surface area contributed by atoms with Crippen molar-refractivity contribution in [1.29, 1.82) is 0 Å². The molecule has 0 aliphatic carbocycles. The van der Waals surface area contributed by atoms with Gasteiger partial charge in [0, 0.05) is 26.1 Å². The largest absolute Gasteiger partial charge is 0.392 e. The molecule has 2 heterocycles. The summed E-state index contributed by atoms with van der Waals surface area (Å²) in [5.41, 5.74) is 0.914. The number of aliphatic hydroxyl groups is 1. The molecule has 0 radical (unpaired) electrons. The minimum absolute atomic E-state index is 0.132. The molecule has 0 saturated carbocycles. The third kappa shape index (κ3) is 4.36. The molecule has 1 N–H and O–H groups in total. The Bertz CT molecular complexity index is 628. The van der Waals surface area contributed by atoms with E-state index in [0.29, 0.717) is 19.5 Å². The molecule has 3 rings (SSSR count). The van der Waals surface area contributed by atoms with Gasteiger partial charge in [0.1, 0.15) is 0 Å². The highest BCUT2D eigenvalue weighted by atomic mass is 19.2. The van der Waals surface area contributed by atoms with Gasteiger partial charge in [-0.05, 0) is 62.4 Å². The van der Waals surface area contributed by atoms with E-state index in [1.165, 1.54) is 12.1 Å². The number of carbonyl (C=O) groups excluding carboxylic acids is 1. The topological polar surface area (TPSA) is 43.8 Å². The van der Waals surface area contributed by atoms with Crippen LogP contribution in [0.5, 0.6) is 0 Å². The fourth-order valence-corrected chi connectivity index (χ4v) is 4.08. The van der Waals surface area contributed by atoms with Crippen molar-refractivity contribution in [3.8, 4) is 0 Å². The molecular formula is C19H26F2N2O2. The van der Waals surface area contributed by atoms with Crippen LogP contribution in [-0.2, 0) is 11.3 Å². The second-order valence-corrected chi connectivity index (χ2v) is 7.65. The predicted octanol–water partition coefficient (Wildman–Crippen LogP) is 2.55. The van der Waals surface area contributed by atoms with Crippen molar-refractivity contribution in [2.24, 2.45) is 5.41 Å². The first kappa shape index (κ1) is 18.3. The monoisotopic (exact) mass is 352 g/mol. The smallest absolute Gasteiger partial charge is 0.222 e. The summed E-state index contributed by atoms with van der Waals surface area (Å²) in [5.74, 6) is -1.48. The summed E-state index contributed by atoms with van der Waals surface area (Å²) in [6.45, 7) is 5.21. The molecule has 2 aliphatic rings. The van der Waals surface area contributed by atoms with Crippen molar-refractivity contribution in [1.82, 2.24) is 9.80 Å². The molecule has 1 unspecified atom stereocenters. The van der Waals surface area contributed by atoms with E-state index in [9.17, 15) is 18.7 Å². The molecule has 1 atom stereocenters. The molecule has 0 aromatic heterocycles. The maximum atomic E-state index is 13.4. The van der Waals surface area contributed by atoms with Crippen LogP contribution in [0.25, 0.3) is 0 Å². The van der Waals surface area contributed by atoms with E-state index in [1.807, 2.05) is 0 Å². The zero-order chi connectivity index (χ0) is 18.0. The van der Waals surface area contributed by atoms with Crippen LogP contribution >= 0.6 is 0 Å². The van der Waals surface area contributed by atoms with Crippen molar-refractivity contribution < 1.29 is 18.7 Å². The predicted molar refractivity (Wildman–Crippen MR) is 90.8 cm³/mol. The van der Waals surface area contributed by atoms with Crippen LogP contribution < -0.4 is 0 Å². The second kappa shape index (κ2) is 7.38. The third-order valence-electron chi connectivity index (χ3n) is 5.54. The van der Waals surface area contributed by atoms with Gasteiger partial charge in [-0.15, -0.1) is 0 Å². The Morgan fingerprint density at radius 1 is 1.20 bits per heavy atom. The number of nitrogens with zero attached hydrogens (tertiary/aromatic N) is 2. The van der Waals surface area contributed by atoms with E-state index >= 15 is 0 Å². The maximum absolute atomic E-state index is 13.4. The van der Waals surface area contributed by atoms with Crippen LogP contribution in [0, 0.1) is 17.0 Å². The number of aliphatic hydroxyl groups excluding tert-OH is 1. The number of piperidine rings is 2. The van der Waals surface area contributed by atoms with Crippen molar-refractivity contribution >= 4 is 5.91 Å². The van der Waals surface area contributed by atoms with Crippen LogP contribution in [0.3, 0.4) is 0 Å². The zero-order valence-electron chi connectivity index (χ0n) is 14.7. The number of β-amino-alcohol motifs (C(OH)–C–C–N with tert-alkyl or cyclic N) is 1. The molecule has 6 heteroatoms. The van der Waals surface area contributed by atoms with Crippen molar-refractivity contribution in [2.75, 3.05) is 26.2 Å². The van der Waals surface area contributed by atoms with Gasteiger partial charge in [0.15, 0.2) is 11.6 Å². The molecule has 2 saturated heterocycles. The number of amides is 1. The Labute approximate surface area is 147 Å². The van der Waals surface area contributed by atoms with Crippen molar-refractivity contribution in [2.45, 2.75) is 45.3 Å². The van der Waals surface area contributed by atoms with Gasteiger partial charge in [0.2, 0.25) is 5.91 Å². The lowest BCUT2D eigenvalue weighted by Gasteiger charge is -2.47. The van der Waals surface area contributed by atoms with Gasteiger partial charge in [-0.25, -0.2) is 8.78 Å². The van der Waals surface area contributed by atoms with Crippen LogP contribution in [0.15, 0.2) is 18.2 Å². The lowest BCUT2D eigenvalue weighted by atomic mass is 9.72. The number of carbonyl (C=O) groups is 1. The Morgan fingerprint density at radius 3 is 2.56 bits per heavy atom. The number of likely N-dealkylation sites (tertiary alicyclic amines) is 2. The molecule has 4 nitrogen and oxygen atoms in total. The number of benzene rings is 1. The minimum atomic E-state index is -0.813. The molecule has 0 bridgehead atoms. The summed E-state index contributed by atoms with van der Waals surface area (Å²) < 4.78 is 26.4. The Morgan fingerprint density at radius 2 is 1.92 bits per heavy atom. The summed E-state index contributed by atoms with van der Waals surface area (Å²) in [5, 5.41) is 9.60. The molecule has 25 heavy (non-hydrogen) atoms. The number of hydrogen-bond donors (Lipinski definition) is 1. The Hall–Kier alpha value is -1.53. The molecule has 2 aliphatic heterocycles. The molecule has 2 fully saturated rings. The summed E-state index contributed by atoms with van der Waals surface area (Å²) >= 11 is 0. The highest BCUT2D eigenvalue weighted by Crippen LogP contribution is 2.40. The first-order valence-electron chi connectivity index (χ1n) is 8.99. The average Bonchev–Trinajstić information content (AvgIpc) is 2.56. The standard InChI is InChI=1S/C19H26F2N2O2/c1-14(24)11-23-13-19(5-4-18(23)25)6-8-22(9-7-19)12-15-2-3-16(20)17(21)10-15/h2-3,10,14,24H,4-9,11-13H2,1H3. The van der Waals surface area contributed by atoms with Crippen LogP contribution in [0.2, 0.25) is 0 Å². The van der Waals surface area contributed by atoms with Gasteiger partial charge in [0.05, 0.1) is 6.10 Å². The summed E-state index contributed by atoms with van der Waals surface area (Å²) in [6.07, 6.45) is 2.92.